The van der Waals surface area contributed by atoms with E-state index >= 15 is 0 Å². The molecule has 2 unspecified atom stereocenters. The minimum absolute atomic E-state index is 0.142. The summed E-state index contributed by atoms with van der Waals surface area (Å²) in [6.07, 6.45) is 0.937. The molecule has 4 aromatic carbocycles. The van der Waals surface area contributed by atoms with Crippen LogP contribution < -0.4 is 0 Å². The van der Waals surface area contributed by atoms with Crippen molar-refractivity contribution in [3.8, 4) is 0 Å². The van der Waals surface area contributed by atoms with Gasteiger partial charge in [0.25, 0.3) is 0 Å². The fourth-order valence-corrected chi connectivity index (χ4v) is 5.52. The monoisotopic (exact) mass is 428 g/mol. The molecule has 0 radical (unpaired) electrons. The lowest BCUT2D eigenvalue weighted by molar-refractivity contribution is 0.473. The van der Waals surface area contributed by atoms with Gasteiger partial charge >= 0.3 is 0 Å². The van der Waals surface area contributed by atoms with E-state index in [0.29, 0.717) is 0 Å². The van der Waals surface area contributed by atoms with Crippen molar-refractivity contribution < 1.29 is 0 Å². The van der Waals surface area contributed by atoms with Gasteiger partial charge in [-0.25, -0.2) is 0 Å². The van der Waals surface area contributed by atoms with Crippen LogP contribution in [0.15, 0.2) is 103 Å². The maximum atomic E-state index is 6.26. The fraction of sp³-hybridized carbons (Fsp3) is 0.143. The first-order valence-electron chi connectivity index (χ1n) is 10.2. The smallest absolute Gasteiger partial charge is 0.0466 e. The highest BCUT2D eigenvalue weighted by Gasteiger charge is 2.52. The molecule has 0 saturated carbocycles. The highest BCUT2D eigenvalue weighted by molar-refractivity contribution is 6.30. The quantitative estimate of drug-likeness (QED) is 0.309. The van der Waals surface area contributed by atoms with Crippen LogP contribution in [0, 0.1) is 0 Å². The van der Waals surface area contributed by atoms with Gasteiger partial charge in [-0.15, -0.1) is 0 Å². The van der Waals surface area contributed by atoms with Gasteiger partial charge in [0.05, 0.1) is 0 Å². The zero-order chi connectivity index (χ0) is 20.8. The minimum atomic E-state index is -0.253. The van der Waals surface area contributed by atoms with Crippen LogP contribution in [0.5, 0.6) is 0 Å². The summed E-state index contributed by atoms with van der Waals surface area (Å²) in [5.41, 5.74) is 6.18. The van der Waals surface area contributed by atoms with Gasteiger partial charge in [0.1, 0.15) is 0 Å². The Labute approximate surface area is 188 Å². The topological polar surface area (TPSA) is 0 Å². The van der Waals surface area contributed by atoms with Crippen LogP contribution in [-0.4, -0.2) is 0 Å². The molecule has 0 aromatic heterocycles. The second kappa shape index (κ2) is 7.30. The third kappa shape index (κ3) is 2.90. The highest BCUT2D eigenvalue weighted by Crippen LogP contribution is 2.58. The molecule has 2 heteroatoms. The molecule has 148 valence electrons. The Morgan fingerprint density at radius 2 is 1.00 bits per heavy atom. The summed E-state index contributed by atoms with van der Waals surface area (Å²) in [5.74, 6) is 0. The molecule has 0 amide bonds. The van der Waals surface area contributed by atoms with Crippen molar-refractivity contribution in [3.05, 3.63) is 141 Å². The normalized spacial score (nSPS) is 22.6. The summed E-state index contributed by atoms with van der Waals surface area (Å²) in [7, 11) is 0. The zero-order valence-electron chi connectivity index (χ0n) is 16.8. The molecule has 5 rings (SSSR count). The van der Waals surface area contributed by atoms with E-state index in [9.17, 15) is 0 Å². The lowest BCUT2D eigenvalue weighted by Crippen LogP contribution is -2.30. The standard InChI is InChI=1S/C28H22Cl2/c1-27(20-11-15-23(29)16-12-20)19-28(21-7-3-2-4-8-21,22-13-17-24(30)18-14-22)26-10-6-5-9-25(26)27/h2-18H,19H2,1H3. The molecule has 0 spiro atoms. The van der Waals surface area contributed by atoms with E-state index in [1.165, 1.54) is 27.8 Å². The minimum Gasteiger partial charge on any atom is -0.0843 e. The number of halogens is 2. The Bertz CT molecular complexity index is 1180. The number of hydrogen-bond acceptors (Lipinski definition) is 0. The summed E-state index contributed by atoms with van der Waals surface area (Å²) in [4.78, 5) is 0. The Balaban J connectivity index is 1.82. The lowest BCUT2D eigenvalue weighted by atomic mass is 9.67. The Morgan fingerprint density at radius 3 is 1.60 bits per heavy atom. The number of benzene rings is 4. The fourth-order valence-electron chi connectivity index (χ4n) is 5.27. The molecule has 1 aliphatic carbocycles. The van der Waals surface area contributed by atoms with Gasteiger partial charge in [0.15, 0.2) is 0 Å². The van der Waals surface area contributed by atoms with Crippen molar-refractivity contribution in [2.45, 2.75) is 24.2 Å². The average molecular weight is 429 g/mol. The van der Waals surface area contributed by atoms with Gasteiger partial charge in [-0.3, -0.25) is 0 Å². The summed E-state index contributed by atoms with van der Waals surface area (Å²) in [6, 6.07) is 36.4. The molecular formula is C28H22Cl2. The first-order valence-corrected chi connectivity index (χ1v) is 11.0. The predicted molar refractivity (Wildman–Crippen MR) is 127 cm³/mol. The van der Waals surface area contributed by atoms with E-state index in [-0.39, 0.29) is 10.8 Å². The van der Waals surface area contributed by atoms with Crippen molar-refractivity contribution >= 4 is 23.2 Å². The van der Waals surface area contributed by atoms with Crippen molar-refractivity contribution in [3.63, 3.8) is 0 Å². The van der Waals surface area contributed by atoms with Gasteiger partial charge in [0.2, 0.25) is 0 Å². The molecule has 4 aromatic rings. The van der Waals surface area contributed by atoms with Crippen molar-refractivity contribution in [1.29, 1.82) is 0 Å². The van der Waals surface area contributed by atoms with Crippen LogP contribution in [0.2, 0.25) is 10.0 Å². The lowest BCUT2D eigenvalue weighted by Gasteiger charge is -2.35. The molecule has 1 aliphatic rings. The van der Waals surface area contributed by atoms with E-state index in [4.69, 9.17) is 23.2 Å². The largest absolute Gasteiger partial charge is 0.0843 e. The Kier molecular flexibility index (Phi) is 4.73. The van der Waals surface area contributed by atoms with E-state index in [1.807, 2.05) is 24.3 Å². The molecule has 0 aliphatic heterocycles. The summed E-state index contributed by atoms with van der Waals surface area (Å²) < 4.78 is 0. The zero-order valence-corrected chi connectivity index (χ0v) is 18.3. The Hall–Kier alpha value is -2.54. The van der Waals surface area contributed by atoms with Crippen LogP contribution >= 0.6 is 23.2 Å². The first kappa shape index (κ1) is 19.4. The summed E-state index contributed by atoms with van der Waals surface area (Å²) in [5, 5.41) is 1.52. The Morgan fingerprint density at radius 1 is 0.533 bits per heavy atom. The molecule has 2 atom stereocenters. The average Bonchev–Trinajstić information content (AvgIpc) is 3.06. The maximum Gasteiger partial charge on any atom is 0.0466 e. The second-order valence-electron chi connectivity index (χ2n) is 8.34. The number of rotatable bonds is 3. The van der Waals surface area contributed by atoms with Crippen LogP contribution in [0.1, 0.15) is 41.2 Å². The van der Waals surface area contributed by atoms with Gasteiger partial charge in [-0.05, 0) is 58.5 Å². The third-order valence-electron chi connectivity index (χ3n) is 6.68. The van der Waals surface area contributed by atoms with Gasteiger partial charge in [-0.1, -0.05) is 109 Å². The molecule has 0 N–H and O–H groups in total. The third-order valence-corrected chi connectivity index (χ3v) is 7.19. The molecular weight excluding hydrogens is 407 g/mol. The van der Waals surface area contributed by atoms with Crippen LogP contribution in [-0.2, 0) is 10.8 Å². The summed E-state index contributed by atoms with van der Waals surface area (Å²) >= 11 is 12.5. The molecule has 0 nitrogen and oxygen atoms in total. The SMILES string of the molecule is CC1(c2ccc(Cl)cc2)CC(c2ccccc2)(c2ccc(Cl)cc2)c2ccccc21. The van der Waals surface area contributed by atoms with Crippen LogP contribution in [0.4, 0.5) is 0 Å². The van der Waals surface area contributed by atoms with E-state index in [1.54, 1.807) is 0 Å². The number of hydrogen-bond donors (Lipinski definition) is 0. The van der Waals surface area contributed by atoms with Gasteiger partial charge in [0, 0.05) is 20.9 Å². The second-order valence-corrected chi connectivity index (χ2v) is 9.21. The van der Waals surface area contributed by atoms with E-state index < -0.39 is 0 Å². The molecule has 0 bridgehead atoms. The predicted octanol–water partition coefficient (Wildman–Crippen LogP) is 8.04. The van der Waals surface area contributed by atoms with E-state index in [0.717, 1.165) is 16.5 Å². The van der Waals surface area contributed by atoms with Crippen LogP contribution in [0.3, 0.4) is 0 Å². The molecule has 30 heavy (non-hydrogen) atoms. The molecule has 0 heterocycles. The van der Waals surface area contributed by atoms with Crippen LogP contribution in [0.25, 0.3) is 0 Å². The van der Waals surface area contributed by atoms with Gasteiger partial charge < -0.3 is 0 Å². The van der Waals surface area contributed by atoms with Crippen molar-refractivity contribution in [2.24, 2.45) is 0 Å². The molecule has 0 saturated heterocycles. The maximum absolute atomic E-state index is 6.26. The first-order chi connectivity index (χ1) is 14.5. The van der Waals surface area contributed by atoms with Crippen molar-refractivity contribution in [2.75, 3.05) is 0 Å². The van der Waals surface area contributed by atoms with Gasteiger partial charge in [-0.2, -0.15) is 0 Å². The summed E-state index contributed by atoms with van der Waals surface area (Å²) in [6.45, 7) is 2.36. The van der Waals surface area contributed by atoms with E-state index in [2.05, 4.69) is 85.8 Å². The number of fused-ring (bicyclic) bond motifs is 1. The highest BCUT2D eigenvalue weighted by atomic mass is 35.5. The van der Waals surface area contributed by atoms with Crippen molar-refractivity contribution in [1.82, 2.24) is 0 Å². The molecule has 0 fully saturated rings.